The number of hydrogen-bond acceptors (Lipinski definition) is 2. The molecule has 27 heavy (non-hydrogen) atoms. The van der Waals surface area contributed by atoms with Crippen LogP contribution in [0.5, 0.6) is 0 Å². The van der Waals surface area contributed by atoms with Gasteiger partial charge in [0.25, 0.3) is 0 Å². The van der Waals surface area contributed by atoms with Crippen molar-refractivity contribution in [1.29, 1.82) is 0 Å². The molecule has 4 heteroatoms. The number of benzene rings is 2. The van der Waals surface area contributed by atoms with Gasteiger partial charge in [0.2, 0.25) is 11.8 Å². The monoisotopic (exact) mass is 366 g/mol. The highest BCUT2D eigenvalue weighted by Crippen LogP contribution is 2.12. The second-order valence-corrected chi connectivity index (χ2v) is 6.80. The van der Waals surface area contributed by atoms with Crippen LogP contribution < -0.4 is 5.32 Å². The van der Waals surface area contributed by atoms with Crippen LogP contribution in [-0.4, -0.2) is 35.8 Å². The first kappa shape index (κ1) is 20.7. The summed E-state index contributed by atoms with van der Waals surface area (Å²) in [5, 5.41) is 2.87. The van der Waals surface area contributed by atoms with E-state index in [1.54, 1.807) is 4.90 Å². The zero-order chi connectivity index (χ0) is 19.6. The van der Waals surface area contributed by atoms with Gasteiger partial charge < -0.3 is 10.2 Å². The summed E-state index contributed by atoms with van der Waals surface area (Å²) in [6.45, 7) is 6.97. The molecule has 0 fully saturated rings. The van der Waals surface area contributed by atoms with Gasteiger partial charge >= 0.3 is 0 Å². The lowest BCUT2D eigenvalue weighted by atomic mass is 10.1. The van der Waals surface area contributed by atoms with Gasteiger partial charge in [-0.25, -0.2) is 0 Å². The number of nitrogens with zero attached hydrogens (tertiary/aromatic N) is 1. The summed E-state index contributed by atoms with van der Waals surface area (Å²) in [6, 6.07) is 17.6. The highest BCUT2D eigenvalue weighted by molar-refractivity contribution is 5.88. The first-order valence-electron chi connectivity index (χ1n) is 9.71. The molecular formula is C23H30N2O2. The van der Waals surface area contributed by atoms with E-state index >= 15 is 0 Å². The molecule has 1 N–H and O–H groups in total. The number of rotatable bonds is 9. The maximum absolute atomic E-state index is 13.1. The Labute approximate surface area is 162 Å². The van der Waals surface area contributed by atoms with E-state index in [0.717, 1.165) is 17.5 Å². The van der Waals surface area contributed by atoms with Crippen LogP contribution in [0.1, 0.15) is 37.0 Å². The van der Waals surface area contributed by atoms with E-state index in [2.05, 4.69) is 17.4 Å². The predicted octanol–water partition coefficient (Wildman–Crippen LogP) is 3.52. The largest absolute Gasteiger partial charge is 0.355 e. The number of hydrogen-bond donors (Lipinski definition) is 1. The molecule has 0 aromatic heterocycles. The smallest absolute Gasteiger partial charge is 0.242 e. The van der Waals surface area contributed by atoms with Crippen LogP contribution in [0, 0.1) is 6.92 Å². The molecule has 144 valence electrons. The minimum atomic E-state index is -0.438. The van der Waals surface area contributed by atoms with Crippen molar-refractivity contribution in [2.75, 3.05) is 13.1 Å². The maximum atomic E-state index is 13.1. The van der Waals surface area contributed by atoms with Gasteiger partial charge in [-0.15, -0.1) is 0 Å². The molecule has 0 aliphatic heterocycles. The fourth-order valence-corrected chi connectivity index (χ4v) is 3.17. The van der Waals surface area contributed by atoms with Gasteiger partial charge in [0.15, 0.2) is 0 Å². The fraction of sp³-hybridized carbons (Fsp3) is 0.391. The number of aryl methyl sites for hydroxylation is 1. The minimum absolute atomic E-state index is 0.00659. The van der Waals surface area contributed by atoms with Gasteiger partial charge in [0, 0.05) is 13.1 Å². The zero-order valence-corrected chi connectivity index (χ0v) is 16.6. The van der Waals surface area contributed by atoms with Gasteiger partial charge in [-0.05, 0) is 37.8 Å². The summed E-state index contributed by atoms with van der Waals surface area (Å²) < 4.78 is 0. The van der Waals surface area contributed by atoms with E-state index in [-0.39, 0.29) is 11.8 Å². The van der Waals surface area contributed by atoms with E-state index in [9.17, 15) is 9.59 Å². The second-order valence-electron chi connectivity index (χ2n) is 6.80. The van der Waals surface area contributed by atoms with E-state index in [4.69, 9.17) is 0 Å². The molecule has 4 nitrogen and oxygen atoms in total. The third-order valence-electron chi connectivity index (χ3n) is 4.70. The van der Waals surface area contributed by atoms with Crippen LogP contribution in [-0.2, 0) is 22.4 Å². The van der Waals surface area contributed by atoms with Crippen LogP contribution >= 0.6 is 0 Å². The normalized spacial score (nSPS) is 11.7. The van der Waals surface area contributed by atoms with Crippen molar-refractivity contribution in [3.8, 4) is 0 Å². The summed E-state index contributed by atoms with van der Waals surface area (Å²) in [5.41, 5.74) is 3.30. The van der Waals surface area contributed by atoms with Crippen molar-refractivity contribution < 1.29 is 9.59 Å². The Kier molecular flexibility index (Phi) is 8.05. The summed E-state index contributed by atoms with van der Waals surface area (Å²) >= 11 is 0. The number of likely N-dealkylation sites (N-methyl/N-ethyl adjacent to an activating group) is 1. The van der Waals surface area contributed by atoms with Crippen molar-refractivity contribution in [2.45, 2.75) is 46.1 Å². The van der Waals surface area contributed by atoms with Crippen molar-refractivity contribution in [3.05, 3.63) is 71.3 Å². The standard InChI is InChI=1S/C23H30N2O2/c1-4-21(23(27)24-5-2)25(16-15-19-9-7-6-8-10-19)22(26)17-20-13-11-18(3)12-14-20/h6-14,21H,4-5,15-17H2,1-3H3,(H,24,27)/t21-/m1/s1. The summed E-state index contributed by atoms with van der Waals surface area (Å²) in [6.07, 6.45) is 1.64. The molecule has 0 spiro atoms. The van der Waals surface area contributed by atoms with Crippen LogP contribution in [0.2, 0.25) is 0 Å². The molecule has 0 aliphatic rings. The zero-order valence-electron chi connectivity index (χ0n) is 16.6. The molecule has 0 aliphatic carbocycles. The van der Waals surface area contributed by atoms with Gasteiger partial charge in [0.05, 0.1) is 6.42 Å². The van der Waals surface area contributed by atoms with Gasteiger partial charge in [-0.1, -0.05) is 67.1 Å². The maximum Gasteiger partial charge on any atom is 0.242 e. The Morgan fingerprint density at radius 2 is 1.63 bits per heavy atom. The van der Waals surface area contributed by atoms with Crippen molar-refractivity contribution >= 4 is 11.8 Å². The number of amides is 2. The molecule has 0 saturated heterocycles. The Balaban J connectivity index is 2.16. The molecule has 0 saturated carbocycles. The average Bonchev–Trinajstić information content (AvgIpc) is 2.67. The van der Waals surface area contributed by atoms with Crippen LogP contribution in [0.3, 0.4) is 0 Å². The van der Waals surface area contributed by atoms with Gasteiger partial charge in [-0.2, -0.15) is 0 Å². The molecule has 0 heterocycles. The Bertz CT molecular complexity index is 726. The molecule has 1 atom stereocenters. The van der Waals surface area contributed by atoms with Crippen LogP contribution in [0.4, 0.5) is 0 Å². The average molecular weight is 367 g/mol. The lowest BCUT2D eigenvalue weighted by Crippen LogP contribution is -2.50. The molecule has 0 unspecified atom stereocenters. The number of nitrogens with one attached hydrogen (secondary N) is 1. The topological polar surface area (TPSA) is 49.4 Å². The molecule has 2 aromatic carbocycles. The van der Waals surface area contributed by atoms with E-state index in [1.807, 2.05) is 63.2 Å². The van der Waals surface area contributed by atoms with E-state index < -0.39 is 6.04 Å². The minimum Gasteiger partial charge on any atom is -0.355 e. The lowest BCUT2D eigenvalue weighted by molar-refractivity contribution is -0.140. The quantitative estimate of drug-likeness (QED) is 0.738. The number of carbonyl (C=O) groups is 2. The van der Waals surface area contributed by atoms with Crippen molar-refractivity contribution in [1.82, 2.24) is 10.2 Å². The predicted molar refractivity (Wildman–Crippen MR) is 110 cm³/mol. The van der Waals surface area contributed by atoms with E-state index in [0.29, 0.717) is 25.9 Å². The first-order valence-corrected chi connectivity index (χ1v) is 9.71. The fourth-order valence-electron chi connectivity index (χ4n) is 3.17. The molecule has 0 bridgehead atoms. The molecule has 2 amide bonds. The highest BCUT2D eigenvalue weighted by Gasteiger charge is 2.27. The Hall–Kier alpha value is -2.62. The van der Waals surface area contributed by atoms with Crippen molar-refractivity contribution in [3.63, 3.8) is 0 Å². The van der Waals surface area contributed by atoms with Gasteiger partial charge in [-0.3, -0.25) is 9.59 Å². The molecule has 0 radical (unpaired) electrons. The highest BCUT2D eigenvalue weighted by atomic mass is 16.2. The van der Waals surface area contributed by atoms with Crippen LogP contribution in [0.25, 0.3) is 0 Å². The number of carbonyl (C=O) groups excluding carboxylic acids is 2. The Morgan fingerprint density at radius 3 is 2.22 bits per heavy atom. The SMILES string of the molecule is CCNC(=O)[C@@H](CC)N(CCc1ccccc1)C(=O)Cc1ccc(C)cc1. The molecule has 2 aromatic rings. The van der Waals surface area contributed by atoms with Gasteiger partial charge in [0.1, 0.15) is 6.04 Å². The molecular weight excluding hydrogens is 336 g/mol. The van der Waals surface area contributed by atoms with Crippen molar-refractivity contribution in [2.24, 2.45) is 0 Å². The van der Waals surface area contributed by atoms with E-state index in [1.165, 1.54) is 5.56 Å². The first-order chi connectivity index (χ1) is 13.0. The summed E-state index contributed by atoms with van der Waals surface area (Å²) in [4.78, 5) is 27.3. The lowest BCUT2D eigenvalue weighted by Gasteiger charge is -2.30. The van der Waals surface area contributed by atoms with Crippen LogP contribution in [0.15, 0.2) is 54.6 Å². The third-order valence-corrected chi connectivity index (χ3v) is 4.70. The second kappa shape index (κ2) is 10.5. The summed E-state index contributed by atoms with van der Waals surface area (Å²) in [5.74, 6) is -0.0850. The summed E-state index contributed by atoms with van der Waals surface area (Å²) in [7, 11) is 0. The molecule has 2 rings (SSSR count). The Morgan fingerprint density at radius 1 is 0.963 bits per heavy atom. The third kappa shape index (κ3) is 6.24.